The zero-order chi connectivity index (χ0) is 15.8. The molecule has 1 fully saturated rings. The van der Waals surface area contributed by atoms with E-state index in [9.17, 15) is 4.79 Å². The van der Waals surface area contributed by atoms with Crippen LogP contribution in [-0.2, 0) is 6.54 Å². The normalized spacial score (nSPS) is 18.7. The predicted octanol–water partition coefficient (Wildman–Crippen LogP) is 4.50. The Morgan fingerprint density at radius 1 is 1.30 bits per heavy atom. The van der Waals surface area contributed by atoms with Crippen LogP contribution < -0.4 is 5.63 Å². The van der Waals surface area contributed by atoms with Gasteiger partial charge in [0, 0.05) is 24.0 Å². The highest BCUT2D eigenvalue weighted by molar-refractivity contribution is 7.07. The number of aryl methyl sites for hydroxylation is 1. The van der Waals surface area contributed by atoms with E-state index in [1.807, 2.05) is 13.0 Å². The van der Waals surface area contributed by atoms with E-state index in [-0.39, 0.29) is 5.63 Å². The third kappa shape index (κ3) is 2.84. The first-order valence-electron chi connectivity index (χ1n) is 8.00. The highest BCUT2D eigenvalue weighted by Gasteiger charge is 2.26. The van der Waals surface area contributed by atoms with Crippen molar-refractivity contribution in [2.75, 3.05) is 6.54 Å². The molecular formula is C19H19NO2S. The van der Waals surface area contributed by atoms with Crippen LogP contribution in [0.15, 0.2) is 50.3 Å². The lowest BCUT2D eigenvalue weighted by Crippen LogP contribution is -2.23. The molecule has 0 bridgehead atoms. The van der Waals surface area contributed by atoms with Crippen LogP contribution >= 0.6 is 11.3 Å². The molecule has 1 saturated heterocycles. The Kier molecular flexibility index (Phi) is 3.79. The smallest absolute Gasteiger partial charge is 0.336 e. The largest absolute Gasteiger partial charge is 0.423 e. The summed E-state index contributed by atoms with van der Waals surface area (Å²) in [4.78, 5) is 14.4. The maximum Gasteiger partial charge on any atom is 0.336 e. The average Bonchev–Trinajstić information content (AvgIpc) is 3.17. The highest BCUT2D eigenvalue weighted by atomic mass is 32.1. The van der Waals surface area contributed by atoms with Gasteiger partial charge in [0.15, 0.2) is 0 Å². The summed E-state index contributed by atoms with van der Waals surface area (Å²) in [5, 5.41) is 5.43. The van der Waals surface area contributed by atoms with E-state index in [1.54, 1.807) is 17.4 Å². The lowest BCUT2D eigenvalue weighted by atomic mass is 10.1. The molecule has 23 heavy (non-hydrogen) atoms. The van der Waals surface area contributed by atoms with Gasteiger partial charge in [0.2, 0.25) is 0 Å². The molecule has 0 radical (unpaired) electrons. The van der Waals surface area contributed by atoms with Gasteiger partial charge in [-0.05, 0) is 65.9 Å². The van der Waals surface area contributed by atoms with E-state index in [4.69, 9.17) is 4.42 Å². The Labute approximate surface area is 139 Å². The van der Waals surface area contributed by atoms with Crippen LogP contribution in [0.2, 0.25) is 0 Å². The molecule has 118 valence electrons. The van der Waals surface area contributed by atoms with Gasteiger partial charge in [-0.25, -0.2) is 4.79 Å². The lowest BCUT2D eigenvalue weighted by molar-refractivity contribution is 0.249. The van der Waals surface area contributed by atoms with Crippen molar-refractivity contribution in [2.24, 2.45) is 0 Å². The van der Waals surface area contributed by atoms with Gasteiger partial charge in [0.25, 0.3) is 0 Å². The van der Waals surface area contributed by atoms with Crippen molar-refractivity contribution in [3.63, 3.8) is 0 Å². The van der Waals surface area contributed by atoms with E-state index < -0.39 is 0 Å². The van der Waals surface area contributed by atoms with Gasteiger partial charge >= 0.3 is 5.63 Å². The number of nitrogens with zero attached hydrogens (tertiary/aromatic N) is 1. The van der Waals surface area contributed by atoms with E-state index in [0.717, 1.165) is 29.6 Å². The number of thiophene rings is 1. The van der Waals surface area contributed by atoms with Gasteiger partial charge in [0.1, 0.15) is 5.58 Å². The molecular weight excluding hydrogens is 306 g/mol. The van der Waals surface area contributed by atoms with Crippen LogP contribution in [-0.4, -0.2) is 11.4 Å². The molecule has 4 rings (SSSR count). The zero-order valence-corrected chi connectivity index (χ0v) is 13.9. The SMILES string of the molecule is Cc1ccc2c(CN3CCC[C@@H]3c3ccsc3)cc(=O)oc2c1. The first-order chi connectivity index (χ1) is 11.2. The molecule has 0 amide bonds. The molecule has 0 unspecified atom stereocenters. The van der Waals surface area contributed by atoms with Gasteiger partial charge in [-0.2, -0.15) is 11.3 Å². The first-order valence-corrected chi connectivity index (χ1v) is 8.94. The Morgan fingerprint density at radius 3 is 3.04 bits per heavy atom. The molecule has 0 aliphatic carbocycles. The van der Waals surface area contributed by atoms with Crippen LogP contribution in [0.1, 0.15) is 35.6 Å². The molecule has 0 N–H and O–H groups in total. The molecule has 3 aromatic rings. The highest BCUT2D eigenvalue weighted by Crippen LogP contribution is 2.34. The van der Waals surface area contributed by atoms with Crippen LogP contribution in [0.25, 0.3) is 11.0 Å². The Bertz CT molecular complexity index is 882. The van der Waals surface area contributed by atoms with E-state index in [0.29, 0.717) is 11.6 Å². The summed E-state index contributed by atoms with van der Waals surface area (Å²) in [5.74, 6) is 0. The molecule has 1 aromatic carbocycles. The van der Waals surface area contributed by atoms with Gasteiger partial charge in [0.05, 0.1) is 0 Å². The zero-order valence-electron chi connectivity index (χ0n) is 13.1. The predicted molar refractivity (Wildman–Crippen MR) is 93.9 cm³/mol. The molecule has 1 aliphatic rings. The summed E-state index contributed by atoms with van der Waals surface area (Å²) in [7, 11) is 0. The van der Waals surface area contributed by atoms with Gasteiger partial charge in [-0.1, -0.05) is 12.1 Å². The van der Waals surface area contributed by atoms with Crippen molar-refractivity contribution in [2.45, 2.75) is 32.4 Å². The van der Waals surface area contributed by atoms with Crippen molar-refractivity contribution < 1.29 is 4.42 Å². The fraction of sp³-hybridized carbons (Fsp3) is 0.316. The summed E-state index contributed by atoms with van der Waals surface area (Å²) in [5.41, 5.74) is 4.01. The Hall–Kier alpha value is -1.91. The van der Waals surface area contributed by atoms with Crippen LogP contribution in [0.4, 0.5) is 0 Å². The number of benzene rings is 1. The second kappa shape index (κ2) is 5.95. The minimum Gasteiger partial charge on any atom is -0.423 e. The number of rotatable bonds is 3. The van der Waals surface area contributed by atoms with Crippen molar-refractivity contribution in [3.8, 4) is 0 Å². The summed E-state index contributed by atoms with van der Waals surface area (Å²) in [6, 6.07) is 10.4. The minimum absolute atomic E-state index is 0.260. The summed E-state index contributed by atoms with van der Waals surface area (Å²) < 4.78 is 5.37. The monoisotopic (exact) mass is 325 g/mol. The second-order valence-corrected chi connectivity index (χ2v) is 7.06. The van der Waals surface area contributed by atoms with E-state index >= 15 is 0 Å². The second-order valence-electron chi connectivity index (χ2n) is 6.28. The van der Waals surface area contributed by atoms with Gasteiger partial charge < -0.3 is 4.42 Å². The summed E-state index contributed by atoms with van der Waals surface area (Å²) >= 11 is 1.75. The Morgan fingerprint density at radius 2 is 2.22 bits per heavy atom. The first kappa shape index (κ1) is 14.7. The third-order valence-corrected chi connectivity index (χ3v) is 5.35. The average molecular weight is 325 g/mol. The van der Waals surface area contributed by atoms with Crippen LogP contribution in [0.5, 0.6) is 0 Å². The molecule has 1 atom stereocenters. The van der Waals surface area contributed by atoms with E-state index in [2.05, 4.69) is 33.9 Å². The molecule has 4 heteroatoms. The molecule has 2 aromatic heterocycles. The van der Waals surface area contributed by atoms with Crippen LogP contribution in [0.3, 0.4) is 0 Å². The summed E-state index contributed by atoms with van der Waals surface area (Å²) in [6.07, 6.45) is 2.40. The maximum absolute atomic E-state index is 11.9. The molecule has 0 saturated carbocycles. The standard InChI is InChI=1S/C19H19NO2S/c1-13-4-5-16-15(10-19(21)22-18(16)9-13)11-20-7-2-3-17(20)14-6-8-23-12-14/h4-6,8-10,12,17H,2-3,7,11H2,1H3/t17-/m1/s1. The number of hydrogen-bond donors (Lipinski definition) is 0. The van der Waals surface area contributed by atoms with Crippen molar-refractivity contribution in [1.82, 2.24) is 4.90 Å². The fourth-order valence-corrected chi connectivity index (χ4v) is 4.25. The number of fused-ring (bicyclic) bond motifs is 1. The lowest BCUT2D eigenvalue weighted by Gasteiger charge is -2.24. The Balaban J connectivity index is 1.71. The fourth-order valence-electron chi connectivity index (χ4n) is 3.54. The van der Waals surface area contributed by atoms with Gasteiger partial charge in [-0.3, -0.25) is 4.90 Å². The van der Waals surface area contributed by atoms with Crippen molar-refractivity contribution in [1.29, 1.82) is 0 Å². The van der Waals surface area contributed by atoms with E-state index in [1.165, 1.54) is 18.4 Å². The molecule has 1 aliphatic heterocycles. The number of likely N-dealkylation sites (tertiary alicyclic amines) is 1. The summed E-state index contributed by atoms with van der Waals surface area (Å²) in [6.45, 7) is 3.89. The minimum atomic E-state index is -0.260. The third-order valence-electron chi connectivity index (χ3n) is 4.65. The molecule has 3 heterocycles. The van der Waals surface area contributed by atoms with Crippen LogP contribution in [0, 0.1) is 6.92 Å². The topological polar surface area (TPSA) is 33.5 Å². The molecule has 0 spiro atoms. The maximum atomic E-state index is 11.9. The quantitative estimate of drug-likeness (QED) is 0.665. The van der Waals surface area contributed by atoms with Gasteiger partial charge in [-0.15, -0.1) is 0 Å². The molecule has 3 nitrogen and oxygen atoms in total. The number of hydrogen-bond acceptors (Lipinski definition) is 4. The van der Waals surface area contributed by atoms with Crippen molar-refractivity contribution in [3.05, 3.63) is 68.2 Å². The van der Waals surface area contributed by atoms with Crippen molar-refractivity contribution >= 4 is 22.3 Å².